The van der Waals surface area contributed by atoms with Crippen molar-refractivity contribution in [1.82, 2.24) is 0 Å². The molecule has 1 N–H and O–H groups in total. The van der Waals surface area contributed by atoms with Gasteiger partial charge in [-0.2, -0.15) is 0 Å². The first kappa shape index (κ1) is 18.7. The third-order valence-electron chi connectivity index (χ3n) is 4.79. The van der Waals surface area contributed by atoms with E-state index in [2.05, 4.69) is 65.8 Å². The number of benzene rings is 1. The summed E-state index contributed by atoms with van der Waals surface area (Å²) in [4.78, 5) is 11.9. The average molecular weight is 326 g/mol. The smallest absolute Gasteiger partial charge is 0.169 e. The zero-order valence-corrected chi connectivity index (χ0v) is 16.0. The lowest BCUT2D eigenvalue weighted by atomic mass is 9.68. The van der Waals surface area contributed by atoms with Crippen molar-refractivity contribution in [1.29, 1.82) is 0 Å². The largest absolute Gasteiger partial charge is 0.374 e. The molecule has 0 radical (unpaired) electrons. The third-order valence-corrected chi connectivity index (χ3v) is 4.79. The zero-order valence-electron chi connectivity index (χ0n) is 16.0. The van der Waals surface area contributed by atoms with E-state index in [1.165, 1.54) is 18.1 Å². The Morgan fingerprint density at radius 1 is 1.04 bits per heavy atom. The molecule has 2 nitrogen and oxygen atoms in total. The first-order valence-corrected chi connectivity index (χ1v) is 8.62. The molecule has 0 saturated heterocycles. The highest BCUT2D eigenvalue weighted by Crippen LogP contribution is 2.45. The van der Waals surface area contributed by atoms with Crippen molar-refractivity contribution in [2.45, 2.75) is 65.4 Å². The van der Waals surface area contributed by atoms with Crippen molar-refractivity contribution in [3.8, 4) is 0 Å². The van der Waals surface area contributed by atoms with E-state index >= 15 is 0 Å². The highest BCUT2D eigenvalue weighted by molar-refractivity contribution is 5.90. The van der Waals surface area contributed by atoms with Crippen molar-refractivity contribution in [3.63, 3.8) is 0 Å². The van der Waals surface area contributed by atoms with Gasteiger partial charge in [-0.25, -0.2) is 0 Å². The van der Waals surface area contributed by atoms with Crippen LogP contribution in [0.4, 0.5) is 0 Å². The van der Waals surface area contributed by atoms with Crippen molar-refractivity contribution >= 4 is 5.78 Å². The summed E-state index contributed by atoms with van der Waals surface area (Å²) in [5.41, 5.74) is 2.01. The summed E-state index contributed by atoms with van der Waals surface area (Å²) < 4.78 is 0. The van der Waals surface area contributed by atoms with Gasteiger partial charge >= 0.3 is 0 Å². The van der Waals surface area contributed by atoms with Gasteiger partial charge in [-0.05, 0) is 41.0 Å². The Kier molecular flexibility index (Phi) is 4.67. The number of hydrogen-bond donors (Lipinski definition) is 1. The number of ketones is 1. The Morgan fingerprint density at radius 2 is 1.62 bits per heavy atom. The minimum absolute atomic E-state index is 0.0295. The Morgan fingerprint density at radius 3 is 2.12 bits per heavy atom. The van der Waals surface area contributed by atoms with Gasteiger partial charge in [0.15, 0.2) is 11.4 Å². The number of Topliss-reactive ketones (excluding diaryl/α,β-unsaturated/α-hetero) is 1. The normalized spacial score (nSPS) is 24.7. The molecule has 2 atom stereocenters. The molecule has 0 fully saturated rings. The number of carbonyl (C=O) groups excluding carboxylic acids is 1. The Hall–Kier alpha value is -1.67. The lowest BCUT2D eigenvalue weighted by molar-refractivity contribution is -0.127. The van der Waals surface area contributed by atoms with Gasteiger partial charge in [-0.1, -0.05) is 77.5 Å². The summed E-state index contributed by atoms with van der Waals surface area (Å²) in [5.74, 6) is -0.178. The van der Waals surface area contributed by atoms with Crippen molar-refractivity contribution in [3.05, 3.63) is 59.2 Å². The Balaban J connectivity index is 2.64. The highest BCUT2D eigenvalue weighted by Gasteiger charge is 2.37. The maximum atomic E-state index is 11.9. The van der Waals surface area contributed by atoms with Crippen molar-refractivity contribution < 1.29 is 9.90 Å². The van der Waals surface area contributed by atoms with Crippen LogP contribution in [-0.2, 0) is 10.2 Å². The molecule has 24 heavy (non-hydrogen) atoms. The molecular weight excluding hydrogens is 296 g/mol. The second-order valence-corrected chi connectivity index (χ2v) is 8.91. The van der Waals surface area contributed by atoms with Gasteiger partial charge in [0.05, 0.1) is 0 Å². The molecule has 1 aromatic rings. The first-order chi connectivity index (χ1) is 10.9. The minimum atomic E-state index is -1.49. The number of carbonyl (C=O) groups is 1. The lowest BCUT2D eigenvalue weighted by Gasteiger charge is -2.37. The Bertz CT molecular complexity index is 695. The Labute approximate surface area is 146 Å². The van der Waals surface area contributed by atoms with E-state index in [1.54, 1.807) is 12.2 Å². The van der Waals surface area contributed by atoms with E-state index in [-0.39, 0.29) is 22.5 Å². The molecule has 0 amide bonds. The van der Waals surface area contributed by atoms with Gasteiger partial charge in [0.1, 0.15) is 0 Å². The summed E-state index contributed by atoms with van der Waals surface area (Å²) in [5, 5.41) is 10.7. The first-order valence-electron chi connectivity index (χ1n) is 8.62. The molecule has 0 bridgehead atoms. The molecule has 1 aliphatic carbocycles. The van der Waals surface area contributed by atoms with Gasteiger partial charge in [-0.15, -0.1) is 0 Å². The summed E-state index contributed by atoms with van der Waals surface area (Å²) in [7, 11) is 0. The van der Waals surface area contributed by atoms with Crippen LogP contribution in [0.2, 0.25) is 0 Å². The van der Waals surface area contributed by atoms with Crippen LogP contribution < -0.4 is 0 Å². The van der Waals surface area contributed by atoms with Crippen LogP contribution in [0.3, 0.4) is 0 Å². The van der Waals surface area contributed by atoms with E-state index in [1.807, 2.05) is 6.08 Å². The second-order valence-electron chi connectivity index (χ2n) is 8.91. The topological polar surface area (TPSA) is 37.3 Å². The standard InChI is InChI=1S/C22H30O2/c1-15(23)22(24)13-12-17(19(14-22)21(5,6)7)16-10-8-9-11-18(16)20(2,3)4/h8-14,17,24H,1-7H3. The highest BCUT2D eigenvalue weighted by atomic mass is 16.3. The summed E-state index contributed by atoms with van der Waals surface area (Å²) in [6, 6.07) is 8.47. The molecule has 0 spiro atoms. The van der Waals surface area contributed by atoms with E-state index in [0.717, 1.165) is 5.57 Å². The maximum Gasteiger partial charge on any atom is 0.169 e. The van der Waals surface area contributed by atoms with Crippen LogP contribution in [0.5, 0.6) is 0 Å². The molecule has 2 unspecified atom stereocenters. The number of allylic oxidation sites excluding steroid dienone is 2. The second kappa shape index (κ2) is 6.00. The van der Waals surface area contributed by atoms with Crippen LogP contribution >= 0.6 is 0 Å². The summed E-state index contributed by atoms with van der Waals surface area (Å²) in [6.07, 6.45) is 5.40. The van der Waals surface area contributed by atoms with E-state index in [9.17, 15) is 9.90 Å². The number of rotatable bonds is 2. The van der Waals surface area contributed by atoms with Gasteiger partial charge in [0, 0.05) is 5.92 Å². The molecule has 1 aliphatic rings. The van der Waals surface area contributed by atoms with Crippen LogP contribution in [-0.4, -0.2) is 16.5 Å². The maximum absolute atomic E-state index is 11.9. The molecule has 130 valence electrons. The quantitative estimate of drug-likeness (QED) is 0.782. The minimum Gasteiger partial charge on any atom is -0.374 e. The molecule has 2 rings (SSSR count). The van der Waals surface area contributed by atoms with Crippen LogP contribution in [0.1, 0.15) is 65.5 Å². The predicted octanol–water partition coefficient (Wildman–Crippen LogP) is 4.93. The van der Waals surface area contributed by atoms with Gasteiger partial charge in [0.25, 0.3) is 0 Å². The fraction of sp³-hybridized carbons (Fsp3) is 0.500. The lowest BCUT2D eigenvalue weighted by Crippen LogP contribution is -2.37. The molecule has 0 aromatic heterocycles. The van der Waals surface area contributed by atoms with Crippen LogP contribution in [0, 0.1) is 5.41 Å². The SMILES string of the molecule is CC(=O)C1(O)C=CC(c2ccccc2C(C)(C)C)C(C(C)(C)C)=C1. The van der Waals surface area contributed by atoms with Crippen molar-refractivity contribution in [2.24, 2.45) is 5.41 Å². The van der Waals surface area contributed by atoms with Gasteiger partial charge in [-0.3, -0.25) is 4.79 Å². The predicted molar refractivity (Wildman–Crippen MR) is 100 cm³/mol. The molecular formula is C22H30O2. The number of aliphatic hydroxyl groups is 1. The van der Waals surface area contributed by atoms with E-state index in [4.69, 9.17) is 0 Å². The fourth-order valence-electron chi connectivity index (χ4n) is 3.35. The third kappa shape index (κ3) is 3.54. The van der Waals surface area contributed by atoms with E-state index < -0.39 is 5.60 Å². The fourth-order valence-corrected chi connectivity index (χ4v) is 3.35. The van der Waals surface area contributed by atoms with Crippen LogP contribution in [0.15, 0.2) is 48.1 Å². The van der Waals surface area contributed by atoms with Crippen LogP contribution in [0.25, 0.3) is 0 Å². The molecule has 0 heterocycles. The zero-order chi connectivity index (χ0) is 18.3. The summed E-state index contributed by atoms with van der Waals surface area (Å²) >= 11 is 0. The average Bonchev–Trinajstić information content (AvgIpc) is 2.45. The molecule has 1 aromatic carbocycles. The molecule has 0 aliphatic heterocycles. The monoisotopic (exact) mass is 326 g/mol. The molecule has 2 heteroatoms. The number of hydrogen-bond acceptors (Lipinski definition) is 2. The molecule has 0 saturated carbocycles. The van der Waals surface area contributed by atoms with E-state index in [0.29, 0.717) is 0 Å². The van der Waals surface area contributed by atoms with Gasteiger partial charge in [0.2, 0.25) is 0 Å². The van der Waals surface area contributed by atoms with Gasteiger partial charge < -0.3 is 5.11 Å². The summed E-state index contributed by atoms with van der Waals surface area (Å²) in [6.45, 7) is 14.5. The van der Waals surface area contributed by atoms with Crippen molar-refractivity contribution in [2.75, 3.05) is 0 Å².